The average molecular weight is 316 g/mol. The van der Waals surface area contributed by atoms with Gasteiger partial charge in [0, 0.05) is 11.5 Å². The summed E-state index contributed by atoms with van der Waals surface area (Å²) < 4.78 is 44.0. The van der Waals surface area contributed by atoms with Gasteiger partial charge in [-0.15, -0.1) is 0 Å². The van der Waals surface area contributed by atoms with Gasteiger partial charge in [0.1, 0.15) is 5.75 Å². The number of nitro groups is 1. The van der Waals surface area contributed by atoms with Gasteiger partial charge in [-0.1, -0.05) is 11.1 Å². The zero-order chi connectivity index (χ0) is 16.2. The standard InChI is InChI=1S/C12H11F3N4O3/c13-12(14,15)9-3-1-4-10(7-9)22-6-2-5-18-8-16-11(17-18)19(20)21/h1,3-4,7-8H,2,5-6H2. The number of aryl methyl sites for hydroxylation is 1. The first-order valence-electron chi connectivity index (χ1n) is 6.20. The second kappa shape index (κ2) is 6.41. The van der Waals surface area contributed by atoms with Crippen LogP contribution in [0.5, 0.6) is 5.75 Å². The van der Waals surface area contributed by atoms with E-state index in [-0.39, 0.29) is 12.4 Å². The van der Waals surface area contributed by atoms with Gasteiger partial charge >= 0.3 is 12.1 Å². The van der Waals surface area contributed by atoms with Crippen molar-refractivity contribution >= 4 is 5.95 Å². The maximum absolute atomic E-state index is 12.5. The van der Waals surface area contributed by atoms with E-state index in [0.717, 1.165) is 12.1 Å². The van der Waals surface area contributed by atoms with Crippen molar-refractivity contribution in [3.63, 3.8) is 0 Å². The number of hydrogen-bond donors (Lipinski definition) is 0. The highest BCUT2D eigenvalue weighted by Gasteiger charge is 2.30. The van der Waals surface area contributed by atoms with Gasteiger partial charge in [-0.05, 0) is 23.1 Å². The summed E-state index contributed by atoms with van der Waals surface area (Å²) in [6.07, 6.45) is -2.79. The van der Waals surface area contributed by atoms with Crippen molar-refractivity contribution < 1.29 is 22.8 Å². The van der Waals surface area contributed by atoms with Crippen LogP contribution < -0.4 is 4.74 Å². The van der Waals surface area contributed by atoms with E-state index in [0.29, 0.717) is 13.0 Å². The summed E-state index contributed by atoms with van der Waals surface area (Å²) in [5.74, 6) is -0.391. The van der Waals surface area contributed by atoms with Crippen LogP contribution in [0.4, 0.5) is 19.1 Å². The summed E-state index contributed by atoms with van der Waals surface area (Å²) in [7, 11) is 0. The number of aromatic nitrogens is 3. The molecule has 10 heteroatoms. The molecule has 0 unspecified atom stereocenters. The monoisotopic (exact) mass is 316 g/mol. The Morgan fingerprint density at radius 3 is 2.77 bits per heavy atom. The van der Waals surface area contributed by atoms with Gasteiger partial charge in [0.2, 0.25) is 6.33 Å². The van der Waals surface area contributed by atoms with Gasteiger partial charge < -0.3 is 14.9 Å². The zero-order valence-corrected chi connectivity index (χ0v) is 11.2. The Bertz CT molecular complexity index is 657. The van der Waals surface area contributed by atoms with E-state index in [1.54, 1.807) is 0 Å². The number of benzene rings is 1. The van der Waals surface area contributed by atoms with Gasteiger partial charge in [0.15, 0.2) is 0 Å². The van der Waals surface area contributed by atoms with Crippen LogP contribution in [0.1, 0.15) is 12.0 Å². The van der Waals surface area contributed by atoms with Crippen molar-refractivity contribution in [2.24, 2.45) is 0 Å². The van der Waals surface area contributed by atoms with Crippen LogP contribution in [-0.4, -0.2) is 26.3 Å². The van der Waals surface area contributed by atoms with Gasteiger partial charge in [-0.25, -0.2) is 0 Å². The minimum Gasteiger partial charge on any atom is -0.494 e. The van der Waals surface area contributed by atoms with Crippen LogP contribution in [0, 0.1) is 10.1 Å². The smallest absolute Gasteiger partial charge is 0.490 e. The average Bonchev–Trinajstić information content (AvgIpc) is 2.92. The number of ether oxygens (including phenoxy) is 1. The molecule has 0 atom stereocenters. The van der Waals surface area contributed by atoms with Crippen LogP contribution in [-0.2, 0) is 12.7 Å². The number of hydrogen-bond acceptors (Lipinski definition) is 5. The highest BCUT2D eigenvalue weighted by molar-refractivity contribution is 5.30. The highest BCUT2D eigenvalue weighted by atomic mass is 19.4. The molecule has 1 aromatic heterocycles. The first-order valence-corrected chi connectivity index (χ1v) is 6.20. The normalized spacial score (nSPS) is 11.4. The van der Waals surface area contributed by atoms with Gasteiger partial charge in [-0.2, -0.15) is 17.9 Å². The Labute approximate surface area is 122 Å². The van der Waals surface area contributed by atoms with E-state index in [4.69, 9.17) is 4.74 Å². The number of rotatable bonds is 6. The molecule has 1 aromatic carbocycles. The molecular weight excluding hydrogens is 305 g/mol. The highest BCUT2D eigenvalue weighted by Crippen LogP contribution is 2.31. The van der Waals surface area contributed by atoms with Crippen LogP contribution in [0.3, 0.4) is 0 Å². The molecule has 0 radical (unpaired) electrons. The molecule has 0 bridgehead atoms. The maximum atomic E-state index is 12.5. The second-order valence-electron chi connectivity index (χ2n) is 4.29. The van der Waals surface area contributed by atoms with E-state index in [1.165, 1.54) is 23.1 Å². The van der Waals surface area contributed by atoms with E-state index in [9.17, 15) is 23.3 Å². The Kier molecular flexibility index (Phi) is 4.59. The van der Waals surface area contributed by atoms with Crippen molar-refractivity contribution in [3.8, 4) is 5.75 Å². The maximum Gasteiger partial charge on any atom is 0.490 e. The van der Waals surface area contributed by atoms with Crippen molar-refractivity contribution in [2.45, 2.75) is 19.1 Å². The summed E-state index contributed by atoms with van der Waals surface area (Å²) >= 11 is 0. The fourth-order valence-corrected chi connectivity index (χ4v) is 1.65. The second-order valence-corrected chi connectivity index (χ2v) is 4.29. The van der Waals surface area contributed by atoms with Gasteiger partial charge in [0.05, 0.1) is 18.7 Å². The lowest BCUT2D eigenvalue weighted by Gasteiger charge is -2.09. The molecule has 7 nitrogen and oxygen atoms in total. The first kappa shape index (κ1) is 15.7. The molecule has 1 heterocycles. The van der Waals surface area contributed by atoms with Gasteiger partial charge in [0.25, 0.3) is 0 Å². The minimum atomic E-state index is -4.42. The minimum absolute atomic E-state index is 0.111. The summed E-state index contributed by atoms with van der Waals surface area (Å²) in [6.45, 7) is 0.453. The molecule has 22 heavy (non-hydrogen) atoms. The predicted octanol–water partition coefficient (Wildman–Crippen LogP) is 2.67. The summed E-state index contributed by atoms with van der Waals surface area (Å²) in [6, 6.07) is 4.57. The van der Waals surface area contributed by atoms with Gasteiger partial charge in [-0.3, -0.25) is 0 Å². The number of halogens is 3. The lowest BCUT2D eigenvalue weighted by atomic mass is 10.2. The molecule has 0 amide bonds. The Hall–Kier alpha value is -2.65. The Balaban J connectivity index is 1.82. The van der Waals surface area contributed by atoms with E-state index < -0.39 is 22.6 Å². The van der Waals surface area contributed by atoms with Crippen LogP contribution in [0.25, 0.3) is 0 Å². The summed E-state index contributed by atoms with van der Waals surface area (Å²) in [4.78, 5) is 13.2. The molecule has 0 spiro atoms. The van der Waals surface area contributed by atoms with Crippen LogP contribution >= 0.6 is 0 Å². The third-order valence-corrected chi connectivity index (χ3v) is 2.65. The molecule has 0 saturated heterocycles. The van der Waals surface area contributed by atoms with Crippen molar-refractivity contribution in [2.75, 3.05) is 6.61 Å². The molecular formula is C12H11F3N4O3. The largest absolute Gasteiger partial charge is 0.494 e. The quantitative estimate of drug-likeness (QED) is 0.465. The van der Waals surface area contributed by atoms with Crippen molar-refractivity contribution in [3.05, 3.63) is 46.3 Å². The summed E-state index contributed by atoms with van der Waals surface area (Å²) in [5.41, 5.74) is -0.781. The fourth-order valence-electron chi connectivity index (χ4n) is 1.65. The molecule has 0 aliphatic heterocycles. The SMILES string of the molecule is O=[N+]([O-])c1ncn(CCCOc2cccc(C(F)(F)F)c2)n1. The lowest BCUT2D eigenvalue weighted by Crippen LogP contribution is -2.07. The molecule has 0 aliphatic carbocycles. The summed E-state index contributed by atoms with van der Waals surface area (Å²) in [5, 5.41) is 14.0. The molecule has 2 aromatic rings. The molecule has 0 N–H and O–H groups in total. The van der Waals surface area contributed by atoms with E-state index in [1.807, 2.05) is 0 Å². The van der Waals surface area contributed by atoms with Crippen molar-refractivity contribution in [1.29, 1.82) is 0 Å². The molecule has 0 aliphatic rings. The Morgan fingerprint density at radius 1 is 1.36 bits per heavy atom. The molecule has 0 saturated carbocycles. The fraction of sp³-hybridized carbons (Fsp3) is 0.333. The van der Waals surface area contributed by atoms with E-state index in [2.05, 4.69) is 10.1 Å². The molecule has 118 valence electrons. The number of nitrogens with zero attached hydrogens (tertiary/aromatic N) is 4. The zero-order valence-electron chi connectivity index (χ0n) is 11.2. The molecule has 0 fully saturated rings. The van der Waals surface area contributed by atoms with E-state index >= 15 is 0 Å². The predicted molar refractivity (Wildman–Crippen MR) is 68.2 cm³/mol. The first-order chi connectivity index (χ1) is 10.4. The topological polar surface area (TPSA) is 83.1 Å². The third-order valence-electron chi connectivity index (χ3n) is 2.65. The van der Waals surface area contributed by atoms with Crippen LogP contribution in [0.15, 0.2) is 30.6 Å². The third kappa shape index (κ3) is 4.17. The van der Waals surface area contributed by atoms with Crippen molar-refractivity contribution in [1.82, 2.24) is 14.8 Å². The lowest BCUT2D eigenvalue weighted by molar-refractivity contribution is -0.394. The van der Waals surface area contributed by atoms with Crippen LogP contribution in [0.2, 0.25) is 0 Å². The number of alkyl halides is 3. The molecule has 2 rings (SSSR count). The Morgan fingerprint density at radius 2 is 2.14 bits per heavy atom.